The average Bonchev–Trinajstić information content (AvgIpc) is 3.25. The van der Waals surface area contributed by atoms with E-state index >= 15 is 0 Å². The molecule has 2 atom stereocenters. The zero-order chi connectivity index (χ0) is 18.1. The lowest BCUT2D eigenvalue weighted by atomic mass is 9.74. The van der Waals surface area contributed by atoms with Gasteiger partial charge in [0.05, 0.1) is 6.61 Å². The van der Waals surface area contributed by atoms with E-state index in [-0.39, 0.29) is 17.9 Å². The summed E-state index contributed by atoms with van der Waals surface area (Å²) in [6.07, 6.45) is 2.73. The van der Waals surface area contributed by atoms with Crippen LogP contribution in [0.5, 0.6) is 0 Å². The average molecular weight is 354 g/mol. The zero-order valence-electron chi connectivity index (χ0n) is 15.2. The molecule has 1 aromatic carbocycles. The predicted octanol–water partition coefficient (Wildman–Crippen LogP) is 1.38. The Morgan fingerprint density at radius 2 is 2.08 bits per heavy atom. The lowest BCUT2D eigenvalue weighted by Gasteiger charge is -2.43. The Labute approximate surface area is 154 Å². The molecule has 2 aliphatic rings. The standard InChI is InChI=1S/C20H26N4O2/c1-22-9-8-18(21-22)19(26)24-10-7-17-12-23(13-20(17,14-24)15-25)11-16-5-3-2-4-6-16/h2-6,8-9,17,25H,7,10-15H2,1H3/t17-,20-/m0/s1. The Morgan fingerprint density at radius 1 is 1.27 bits per heavy atom. The number of carbonyl (C=O) groups is 1. The van der Waals surface area contributed by atoms with Crippen molar-refractivity contribution < 1.29 is 9.90 Å². The number of nitrogens with zero attached hydrogens (tertiary/aromatic N) is 4. The van der Waals surface area contributed by atoms with Crippen molar-refractivity contribution in [2.45, 2.75) is 13.0 Å². The van der Waals surface area contributed by atoms with E-state index in [9.17, 15) is 9.90 Å². The normalized spacial score (nSPS) is 26.1. The van der Waals surface area contributed by atoms with E-state index in [0.717, 1.165) is 32.6 Å². The SMILES string of the molecule is Cn1ccc(C(=O)N2CC[C@H]3CN(Cc4ccccc4)C[C@@]3(CO)C2)n1. The molecule has 0 bridgehead atoms. The van der Waals surface area contributed by atoms with Crippen LogP contribution in [0.15, 0.2) is 42.6 Å². The molecule has 2 fully saturated rings. The van der Waals surface area contributed by atoms with E-state index in [4.69, 9.17) is 0 Å². The number of aromatic nitrogens is 2. The first kappa shape index (κ1) is 17.2. The summed E-state index contributed by atoms with van der Waals surface area (Å²) < 4.78 is 1.65. The van der Waals surface area contributed by atoms with Crippen molar-refractivity contribution in [1.82, 2.24) is 19.6 Å². The van der Waals surface area contributed by atoms with Crippen molar-refractivity contribution in [2.75, 3.05) is 32.8 Å². The minimum absolute atomic E-state index is 0.0293. The molecular formula is C20H26N4O2. The Balaban J connectivity index is 1.48. The van der Waals surface area contributed by atoms with Crippen molar-refractivity contribution in [1.29, 1.82) is 0 Å². The fraction of sp³-hybridized carbons (Fsp3) is 0.500. The van der Waals surface area contributed by atoms with E-state index in [1.54, 1.807) is 16.9 Å². The Kier molecular flexibility index (Phi) is 4.54. The number of hydrogen-bond donors (Lipinski definition) is 1. The van der Waals surface area contributed by atoms with Gasteiger partial charge in [-0.2, -0.15) is 5.10 Å². The molecule has 0 unspecified atom stereocenters. The van der Waals surface area contributed by atoms with Crippen LogP contribution in [0.2, 0.25) is 0 Å². The highest BCUT2D eigenvalue weighted by molar-refractivity contribution is 5.92. The number of benzene rings is 1. The molecule has 6 nitrogen and oxygen atoms in total. The van der Waals surface area contributed by atoms with Crippen LogP contribution in [-0.2, 0) is 13.6 Å². The zero-order valence-corrected chi connectivity index (χ0v) is 15.2. The quantitative estimate of drug-likeness (QED) is 0.901. The number of hydrogen-bond acceptors (Lipinski definition) is 4. The van der Waals surface area contributed by atoms with Crippen LogP contribution in [0.1, 0.15) is 22.5 Å². The third-order valence-corrected chi connectivity index (χ3v) is 5.92. The Hall–Kier alpha value is -2.18. The van der Waals surface area contributed by atoms with Crippen molar-refractivity contribution >= 4 is 5.91 Å². The minimum Gasteiger partial charge on any atom is -0.396 e. The van der Waals surface area contributed by atoms with Crippen LogP contribution in [0, 0.1) is 11.3 Å². The molecule has 0 aliphatic carbocycles. The molecule has 2 aromatic rings. The van der Waals surface area contributed by atoms with Crippen molar-refractivity contribution in [3.63, 3.8) is 0 Å². The summed E-state index contributed by atoms with van der Waals surface area (Å²) in [4.78, 5) is 17.1. The molecule has 6 heteroatoms. The monoisotopic (exact) mass is 354 g/mol. The number of aliphatic hydroxyl groups excluding tert-OH is 1. The van der Waals surface area contributed by atoms with E-state index in [1.165, 1.54) is 5.56 Å². The molecule has 1 aromatic heterocycles. The molecule has 26 heavy (non-hydrogen) atoms. The maximum absolute atomic E-state index is 12.8. The van der Waals surface area contributed by atoms with Crippen LogP contribution in [-0.4, -0.2) is 63.4 Å². The number of rotatable bonds is 4. The van der Waals surface area contributed by atoms with Gasteiger partial charge in [0, 0.05) is 51.4 Å². The lowest BCUT2D eigenvalue weighted by molar-refractivity contribution is 0.0114. The molecule has 2 saturated heterocycles. The first-order chi connectivity index (χ1) is 12.6. The number of likely N-dealkylation sites (tertiary alicyclic amines) is 2. The molecule has 1 amide bonds. The van der Waals surface area contributed by atoms with Gasteiger partial charge in [-0.05, 0) is 24.0 Å². The van der Waals surface area contributed by atoms with Gasteiger partial charge in [-0.25, -0.2) is 0 Å². The summed E-state index contributed by atoms with van der Waals surface area (Å²) in [5, 5.41) is 14.5. The van der Waals surface area contributed by atoms with Crippen LogP contribution in [0.4, 0.5) is 0 Å². The maximum Gasteiger partial charge on any atom is 0.274 e. The second kappa shape index (κ2) is 6.85. The molecule has 0 saturated carbocycles. The number of amides is 1. The topological polar surface area (TPSA) is 61.6 Å². The summed E-state index contributed by atoms with van der Waals surface area (Å²) >= 11 is 0. The largest absolute Gasteiger partial charge is 0.396 e. The highest BCUT2D eigenvalue weighted by atomic mass is 16.3. The number of piperidine rings is 1. The number of aryl methyl sites for hydroxylation is 1. The third-order valence-electron chi connectivity index (χ3n) is 5.92. The summed E-state index contributed by atoms with van der Waals surface area (Å²) in [5.41, 5.74) is 1.55. The Morgan fingerprint density at radius 3 is 2.77 bits per heavy atom. The van der Waals surface area contributed by atoms with Crippen LogP contribution in [0.25, 0.3) is 0 Å². The van der Waals surface area contributed by atoms with Gasteiger partial charge in [0.15, 0.2) is 0 Å². The van der Waals surface area contributed by atoms with Gasteiger partial charge >= 0.3 is 0 Å². The second-order valence-electron chi connectivity index (χ2n) is 7.76. The fourth-order valence-electron chi connectivity index (χ4n) is 4.55. The summed E-state index contributed by atoms with van der Waals surface area (Å²) in [6.45, 7) is 4.17. The number of fused-ring (bicyclic) bond motifs is 1. The maximum atomic E-state index is 12.8. The van der Waals surface area contributed by atoms with Gasteiger partial charge in [-0.1, -0.05) is 30.3 Å². The Bertz CT molecular complexity index is 775. The van der Waals surface area contributed by atoms with Gasteiger partial charge in [0.1, 0.15) is 5.69 Å². The number of aliphatic hydroxyl groups is 1. The molecule has 0 radical (unpaired) electrons. The molecule has 4 rings (SSSR count). The minimum atomic E-state index is -0.225. The molecule has 3 heterocycles. The second-order valence-corrected chi connectivity index (χ2v) is 7.76. The molecule has 1 N–H and O–H groups in total. The van der Waals surface area contributed by atoms with Crippen molar-refractivity contribution in [3.05, 3.63) is 53.9 Å². The van der Waals surface area contributed by atoms with Gasteiger partial charge in [-0.15, -0.1) is 0 Å². The molecule has 2 aliphatic heterocycles. The van der Waals surface area contributed by atoms with E-state index in [1.807, 2.05) is 18.0 Å². The van der Waals surface area contributed by atoms with Crippen LogP contribution < -0.4 is 0 Å². The van der Waals surface area contributed by atoms with Crippen molar-refractivity contribution in [2.24, 2.45) is 18.4 Å². The van der Waals surface area contributed by atoms with E-state index in [2.05, 4.69) is 34.3 Å². The lowest BCUT2D eigenvalue weighted by Crippen LogP contribution is -2.52. The van der Waals surface area contributed by atoms with Gasteiger partial charge in [0.25, 0.3) is 5.91 Å². The fourth-order valence-corrected chi connectivity index (χ4v) is 4.55. The first-order valence-corrected chi connectivity index (χ1v) is 9.26. The summed E-state index contributed by atoms with van der Waals surface area (Å²) in [6, 6.07) is 12.2. The molecule has 138 valence electrons. The third kappa shape index (κ3) is 3.15. The summed E-state index contributed by atoms with van der Waals surface area (Å²) in [7, 11) is 1.82. The highest BCUT2D eigenvalue weighted by Gasteiger charge is 2.50. The van der Waals surface area contributed by atoms with Gasteiger partial charge in [0.2, 0.25) is 0 Å². The predicted molar refractivity (Wildman–Crippen MR) is 98.5 cm³/mol. The highest BCUT2D eigenvalue weighted by Crippen LogP contribution is 2.42. The smallest absolute Gasteiger partial charge is 0.274 e. The van der Waals surface area contributed by atoms with Gasteiger partial charge < -0.3 is 10.0 Å². The summed E-state index contributed by atoms with van der Waals surface area (Å²) in [5.74, 6) is 0.405. The molecular weight excluding hydrogens is 328 g/mol. The molecule has 0 spiro atoms. The van der Waals surface area contributed by atoms with Gasteiger partial charge in [-0.3, -0.25) is 14.4 Å². The number of carbonyl (C=O) groups excluding carboxylic acids is 1. The van der Waals surface area contributed by atoms with E-state index < -0.39 is 0 Å². The van der Waals surface area contributed by atoms with E-state index in [0.29, 0.717) is 18.2 Å². The van der Waals surface area contributed by atoms with Crippen LogP contribution in [0.3, 0.4) is 0 Å². The first-order valence-electron chi connectivity index (χ1n) is 9.26. The van der Waals surface area contributed by atoms with Crippen molar-refractivity contribution in [3.8, 4) is 0 Å². The van der Waals surface area contributed by atoms with Crippen LogP contribution >= 0.6 is 0 Å².